The first-order valence-corrected chi connectivity index (χ1v) is 10.4. The highest BCUT2D eigenvalue weighted by Gasteiger charge is 1.95. The summed E-state index contributed by atoms with van der Waals surface area (Å²) in [5.74, 6) is -0.671. The topological polar surface area (TPSA) is 112 Å². The van der Waals surface area contributed by atoms with Gasteiger partial charge in [-0.15, -0.1) is 0 Å². The maximum atomic E-state index is 10.3. The van der Waals surface area contributed by atoms with Crippen molar-refractivity contribution in [3.63, 3.8) is 0 Å². The van der Waals surface area contributed by atoms with Gasteiger partial charge in [0.1, 0.15) is 0 Å². The molecular weight excluding hydrogens is 344 g/mol. The van der Waals surface area contributed by atoms with E-state index in [1.54, 1.807) is 0 Å². The van der Waals surface area contributed by atoms with E-state index in [-0.39, 0.29) is 0 Å². The molecule has 0 aromatic heterocycles. The van der Waals surface area contributed by atoms with Crippen LogP contribution in [0.15, 0.2) is 24.3 Å². The van der Waals surface area contributed by atoms with Crippen molar-refractivity contribution >= 4 is 16.4 Å². The number of allylic oxidation sites excluding steroid dienone is 4. The molecule has 7 heteroatoms. The van der Waals surface area contributed by atoms with Crippen LogP contribution >= 0.6 is 0 Å². The Bertz CT molecular complexity index is 446. The highest BCUT2D eigenvalue weighted by Crippen LogP contribution is 2.08. The van der Waals surface area contributed by atoms with Crippen LogP contribution in [0.25, 0.3) is 0 Å². The van der Waals surface area contributed by atoms with E-state index in [1.165, 1.54) is 44.9 Å². The summed E-state index contributed by atoms with van der Waals surface area (Å²) in [6.07, 6.45) is 22.3. The third-order valence-corrected chi connectivity index (χ3v) is 3.34. The quantitative estimate of drug-likeness (QED) is 0.217. The van der Waals surface area contributed by atoms with E-state index in [0.717, 1.165) is 25.7 Å². The lowest BCUT2D eigenvalue weighted by atomic mass is 10.1. The molecule has 0 aromatic carbocycles. The maximum absolute atomic E-state index is 10.3. The predicted octanol–water partition coefficient (Wildman–Crippen LogP) is 5.23. The Kier molecular flexibility index (Phi) is 20.0. The molecule has 0 aliphatic rings. The van der Waals surface area contributed by atoms with Crippen LogP contribution in [0.4, 0.5) is 0 Å². The van der Waals surface area contributed by atoms with Crippen LogP contribution in [-0.2, 0) is 15.2 Å². The summed E-state index contributed by atoms with van der Waals surface area (Å²) < 4.78 is 31.6. The number of hydrogen-bond acceptors (Lipinski definition) is 3. The Morgan fingerprint density at radius 1 is 0.800 bits per heavy atom. The summed E-state index contributed by atoms with van der Waals surface area (Å²) in [5, 5.41) is 8.50. The van der Waals surface area contributed by atoms with Gasteiger partial charge in [-0.05, 0) is 38.5 Å². The van der Waals surface area contributed by atoms with E-state index < -0.39 is 16.4 Å². The first-order valence-electron chi connectivity index (χ1n) is 8.99. The minimum atomic E-state index is -4.67. The van der Waals surface area contributed by atoms with Gasteiger partial charge in [-0.1, -0.05) is 63.3 Å². The van der Waals surface area contributed by atoms with E-state index >= 15 is 0 Å². The van der Waals surface area contributed by atoms with Crippen LogP contribution in [-0.4, -0.2) is 28.6 Å². The van der Waals surface area contributed by atoms with Crippen LogP contribution in [0.5, 0.6) is 0 Å². The van der Waals surface area contributed by atoms with E-state index in [1.807, 2.05) is 0 Å². The molecule has 3 N–H and O–H groups in total. The largest absolute Gasteiger partial charge is 0.481 e. The molecule has 0 rings (SSSR count). The van der Waals surface area contributed by atoms with E-state index in [2.05, 4.69) is 31.2 Å². The molecule has 0 radical (unpaired) electrons. The van der Waals surface area contributed by atoms with Crippen LogP contribution < -0.4 is 0 Å². The van der Waals surface area contributed by atoms with Gasteiger partial charge in [-0.25, -0.2) is 0 Å². The zero-order valence-corrected chi connectivity index (χ0v) is 16.1. The molecular formula is C18H34O6S. The summed E-state index contributed by atoms with van der Waals surface area (Å²) >= 11 is 0. The molecule has 0 aliphatic heterocycles. The molecule has 0 unspecified atom stereocenters. The Labute approximate surface area is 152 Å². The van der Waals surface area contributed by atoms with Crippen molar-refractivity contribution in [2.45, 2.75) is 84.0 Å². The fourth-order valence-corrected chi connectivity index (χ4v) is 2.09. The zero-order valence-electron chi connectivity index (χ0n) is 15.3. The van der Waals surface area contributed by atoms with Gasteiger partial charge < -0.3 is 5.11 Å². The number of carboxylic acids is 1. The molecule has 0 atom stereocenters. The monoisotopic (exact) mass is 378 g/mol. The number of aliphatic carboxylic acids is 1. The molecule has 25 heavy (non-hydrogen) atoms. The van der Waals surface area contributed by atoms with Crippen molar-refractivity contribution < 1.29 is 27.4 Å². The van der Waals surface area contributed by atoms with Crippen LogP contribution in [0.1, 0.15) is 84.0 Å². The fraction of sp³-hybridized carbons (Fsp3) is 0.722. The number of carboxylic acid groups (broad SMARTS) is 1. The summed E-state index contributed by atoms with van der Waals surface area (Å²) in [7, 11) is -4.67. The van der Waals surface area contributed by atoms with Gasteiger partial charge in [0, 0.05) is 6.42 Å². The first kappa shape index (κ1) is 26.1. The Hall–Kier alpha value is -1.18. The van der Waals surface area contributed by atoms with Crippen molar-refractivity contribution in [1.29, 1.82) is 0 Å². The molecule has 0 saturated carbocycles. The van der Waals surface area contributed by atoms with Gasteiger partial charge in [0.25, 0.3) is 0 Å². The van der Waals surface area contributed by atoms with Crippen molar-refractivity contribution in [2.24, 2.45) is 0 Å². The lowest BCUT2D eigenvalue weighted by Crippen LogP contribution is -1.93. The summed E-state index contributed by atoms with van der Waals surface area (Å²) in [5.41, 5.74) is 0. The third-order valence-electron chi connectivity index (χ3n) is 3.34. The number of unbranched alkanes of at least 4 members (excludes halogenated alkanes) is 8. The minimum Gasteiger partial charge on any atom is -0.481 e. The van der Waals surface area contributed by atoms with Crippen LogP contribution in [0.3, 0.4) is 0 Å². The minimum absolute atomic E-state index is 0.324. The second-order valence-electron chi connectivity index (χ2n) is 5.82. The summed E-state index contributed by atoms with van der Waals surface area (Å²) in [4.78, 5) is 10.3. The average molecular weight is 379 g/mol. The van der Waals surface area contributed by atoms with Gasteiger partial charge in [-0.3, -0.25) is 13.9 Å². The maximum Gasteiger partial charge on any atom is 0.394 e. The molecule has 0 heterocycles. The second-order valence-corrected chi connectivity index (χ2v) is 6.72. The molecule has 148 valence electrons. The highest BCUT2D eigenvalue weighted by atomic mass is 32.3. The van der Waals surface area contributed by atoms with Gasteiger partial charge in [0.2, 0.25) is 0 Å². The van der Waals surface area contributed by atoms with Crippen molar-refractivity contribution in [3.8, 4) is 0 Å². The van der Waals surface area contributed by atoms with E-state index in [0.29, 0.717) is 6.42 Å². The molecule has 0 aromatic rings. The van der Waals surface area contributed by atoms with Crippen molar-refractivity contribution in [2.75, 3.05) is 0 Å². The van der Waals surface area contributed by atoms with Gasteiger partial charge in [-0.2, -0.15) is 8.42 Å². The molecule has 0 amide bonds. The van der Waals surface area contributed by atoms with Gasteiger partial charge in [0.15, 0.2) is 0 Å². The molecule has 0 fully saturated rings. The standard InChI is InChI=1S/C18H32O2.H2O4S/c1-2-3-4-5-6-7-8-9-10-11-12-13-14-15-16-17-18(19)20;1-5(2,3)4/h6-7,9-10H,2-5,8,11-17H2,1H3,(H,19,20);(H2,1,2,3,4)/b7-6-,10-9-;. The van der Waals surface area contributed by atoms with Crippen LogP contribution in [0.2, 0.25) is 0 Å². The Morgan fingerprint density at radius 2 is 1.24 bits per heavy atom. The van der Waals surface area contributed by atoms with Gasteiger partial charge in [0.05, 0.1) is 0 Å². The van der Waals surface area contributed by atoms with Crippen molar-refractivity contribution in [3.05, 3.63) is 24.3 Å². The number of carbonyl (C=O) groups is 1. The first-order chi connectivity index (χ1) is 11.8. The lowest BCUT2D eigenvalue weighted by Gasteiger charge is -1.98. The molecule has 0 aliphatic carbocycles. The molecule has 6 nitrogen and oxygen atoms in total. The molecule has 0 spiro atoms. The molecule has 0 saturated heterocycles. The zero-order chi connectivity index (χ0) is 19.4. The third kappa shape index (κ3) is 39.5. The SMILES string of the molecule is CCCCC/C=C\C/C=C\CCCCCCCC(=O)O.O=S(=O)(O)O. The fourth-order valence-electron chi connectivity index (χ4n) is 2.09. The molecule has 0 bridgehead atoms. The number of hydrogen-bond donors (Lipinski definition) is 3. The Balaban J connectivity index is 0. The normalized spacial score (nSPS) is 11.6. The Morgan fingerprint density at radius 3 is 1.72 bits per heavy atom. The number of rotatable bonds is 14. The smallest absolute Gasteiger partial charge is 0.394 e. The van der Waals surface area contributed by atoms with Gasteiger partial charge >= 0.3 is 16.4 Å². The second kappa shape index (κ2) is 19.1. The van der Waals surface area contributed by atoms with Crippen molar-refractivity contribution in [1.82, 2.24) is 0 Å². The summed E-state index contributed by atoms with van der Waals surface area (Å²) in [6.45, 7) is 2.23. The van der Waals surface area contributed by atoms with E-state index in [4.69, 9.17) is 22.6 Å². The highest BCUT2D eigenvalue weighted by molar-refractivity contribution is 7.79. The van der Waals surface area contributed by atoms with E-state index in [9.17, 15) is 4.79 Å². The van der Waals surface area contributed by atoms with Crippen LogP contribution in [0, 0.1) is 0 Å². The lowest BCUT2D eigenvalue weighted by molar-refractivity contribution is -0.137. The average Bonchev–Trinajstić information content (AvgIpc) is 2.49. The predicted molar refractivity (Wildman–Crippen MR) is 101 cm³/mol. The summed E-state index contributed by atoms with van der Waals surface area (Å²) in [6, 6.07) is 0.